The third kappa shape index (κ3) is 6.02. The summed E-state index contributed by atoms with van der Waals surface area (Å²) < 4.78 is 42.1. The highest BCUT2D eigenvalue weighted by molar-refractivity contribution is 5.75. The molecule has 2 aliphatic heterocycles. The number of allylic oxidation sites excluding steroid dienone is 2. The van der Waals surface area contributed by atoms with E-state index in [1.165, 1.54) is 4.57 Å². The summed E-state index contributed by atoms with van der Waals surface area (Å²) in [4.78, 5) is 43.2. The summed E-state index contributed by atoms with van der Waals surface area (Å²) in [6, 6.07) is 9.71. The number of hydrogen-bond acceptors (Lipinski definition) is 9. The Kier molecular flexibility index (Phi) is 8.45. The van der Waals surface area contributed by atoms with E-state index in [0.717, 1.165) is 47.7 Å². The molecule has 5 heterocycles. The minimum atomic E-state index is -5.08. The molecule has 4 aromatic rings. The fraction of sp³-hybridized carbons (Fsp3) is 0.429. The Morgan fingerprint density at radius 3 is 2.50 bits per heavy atom. The summed E-state index contributed by atoms with van der Waals surface area (Å²) in [6.45, 7) is 7.18. The number of imidazole rings is 1. The zero-order valence-corrected chi connectivity index (χ0v) is 24.2. The molecule has 44 heavy (non-hydrogen) atoms. The van der Waals surface area contributed by atoms with Crippen LogP contribution in [0.3, 0.4) is 0 Å². The normalized spacial score (nSPS) is 17.8. The smallest absolute Gasteiger partial charge is 0.475 e. The Bertz CT molecular complexity index is 1820. The van der Waals surface area contributed by atoms with Crippen LogP contribution < -0.4 is 21.5 Å². The van der Waals surface area contributed by atoms with Gasteiger partial charge in [-0.3, -0.25) is 9.36 Å². The Hall–Kier alpha value is -4.73. The van der Waals surface area contributed by atoms with Crippen LogP contribution in [-0.2, 0) is 24.9 Å². The molecular formula is C28H31F3N8O5. The van der Waals surface area contributed by atoms with Gasteiger partial charge in [0.15, 0.2) is 11.2 Å². The van der Waals surface area contributed by atoms with Gasteiger partial charge in [0.05, 0.1) is 0 Å². The lowest BCUT2D eigenvalue weighted by molar-refractivity contribution is -0.192. The second-order valence-electron chi connectivity index (χ2n) is 10.8. The van der Waals surface area contributed by atoms with E-state index in [0.29, 0.717) is 35.6 Å². The van der Waals surface area contributed by atoms with Gasteiger partial charge >= 0.3 is 17.8 Å². The van der Waals surface area contributed by atoms with Gasteiger partial charge in [-0.05, 0) is 38.3 Å². The zero-order valence-electron chi connectivity index (χ0n) is 24.2. The lowest BCUT2D eigenvalue weighted by atomic mass is 10.1. The van der Waals surface area contributed by atoms with Crippen LogP contribution in [0.2, 0.25) is 0 Å². The Balaban J connectivity index is 0.000000493. The van der Waals surface area contributed by atoms with Gasteiger partial charge in [-0.2, -0.15) is 18.2 Å². The third-order valence-corrected chi connectivity index (χ3v) is 7.62. The van der Waals surface area contributed by atoms with E-state index in [1.807, 2.05) is 48.7 Å². The Morgan fingerprint density at radius 1 is 1.14 bits per heavy atom. The van der Waals surface area contributed by atoms with Crippen LogP contribution in [-0.4, -0.2) is 71.8 Å². The van der Waals surface area contributed by atoms with Crippen LogP contribution in [0.1, 0.15) is 26.2 Å². The van der Waals surface area contributed by atoms with Crippen molar-refractivity contribution in [3.05, 3.63) is 68.7 Å². The lowest BCUT2D eigenvalue weighted by Gasteiger charge is -2.25. The summed E-state index contributed by atoms with van der Waals surface area (Å²) in [5.41, 5.74) is 1.79. The first kappa shape index (κ1) is 30.7. The number of aryl methyl sites for hydroxylation is 1. The van der Waals surface area contributed by atoms with E-state index in [4.69, 9.17) is 19.3 Å². The number of rotatable bonds is 6. The molecule has 0 radical (unpaired) electrons. The molecule has 234 valence electrons. The van der Waals surface area contributed by atoms with E-state index >= 15 is 0 Å². The number of carboxylic acids is 1. The molecule has 6 rings (SSSR count). The maximum atomic E-state index is 13.9. The average Bonchev–Trinajstić information content (AvgIpc) is 3.77. The van der Waals surface area contributed by atoms with Crippen molar-refractivity contribution in [3.8, 4) is 11.5 Å². The first-order valence-corrected chi connectivity index (χ1v) is 13.9. The number of halogens is 3. The fourth-order valence-electron chi connectivity index (χ4n) is 5.41. The van der Waals surface area contributed by atoms with Gasteiger partial charge in [0.2, 0.25) is 17.7 Å². The van der Waals surface area contributed by atoms with E-state index in [1.54, 1.807) is 7.05 Å². The number of nitrogens with one attached hydrogen (secondary N) is 1. The SMILES string of the molecule is CC(C)=CCn1c(N2CCC3CNCC32)nc2c1c(=O)n(Cc1nnc(-c3ccccc3)o1)c(=O)n2C.O=C(O)C(F)(F)F. The van der Waals surface area contributed by atoms with Crippen molar-refractivity contribution in [2.24, 2.45) is 13.0 Å². The van der Waals surface area contributed by atoms with Crippen molar-refractivity contribution < 1.29 is 27.5 Å². The summed E-state index contributed by atoms with van der Waals surface area (Å²) >= 11 is 0. The number of hydrogen-bond donors (Lipinski definition) is 2. The fourth-order valence-corrected chi connectivity index (χ4v) is 5.41. The predicted octanol–water partition coefficient (Wildman–Crippen LogP) is 2.39. The first-order valence-electron chi connectivity index (χ1n) is 13.9. The molecule has 2 saturated heterocycles. The van der Waals surface area contributed by atoms with Gasteiger partial charge in [-0.25, -0.2) is 14.2 Å². The maximum Gasteiger partial charge on any atom is 0.490 e. The number of aromatic nitrogens is 6. The molecule has 0 spiro atoms. The van der Waals surface area contributed by atoms with E-state index in [2.05, 4.69) is 26.5 Å². The number of aliphatic carboxylic acids is 1. The highest BCUT2D eigenvalue weighted by Crippen LogP contribution is 2.33. The molecule has 2 atom stereocenters. The van der Waals surface area contributed by atoms with E-state index in [-0.39, 0.29) is 12.4 Å². The van der Waals surface area contributed by atoms with Crippen molar-refractivity contribution in [1.29, 1.82) is 0 Å². The molecule has 0 bridgehead atoms. The molecule has 0 saturated carbocycles. The summed E-state index contributed by atoms with van der Waals surface area (Å²) in [5, 5.41) is 18.8. The minimum Gasteiger partial charge on any atom is -0.475 e. The van der Waals surface area contributed by atoms with Crippen LogP contribution in [0.4, 0.5) is 19.1 Å². The number of anilines is 1. The van der Waals surface area contributed by atoms with Gasteiger partial charge in [0.25, 0.3) is 5.56 Å². The van der Waals surface area contributed by atoms with E-state index in [9.17, 15) is 22.8 Å². The number of carbonyl (C=O) groups is 1. The Morgan fingerprint density at radius 2 is 1.84 bits per heavy atom. The first-order chi connectivity index (χ1) is 20.9. The van der Waals surface area contributed by atoms with Crippen LogP contribution in [0.5, 0.6) is 0 Å². The number of carboxylic acid groups (broad SMARTS) is 1. The van der Waals surface area contributed by atoms with Gasteiger partial charge in [0.1, 0.15) is 6.54 Å². The number of fused-ring (bicyclic) bond motifs is 2. The van der Waals surface area contributed by atoms with Crippen molar-refractivity contribution in [1.82, 2.24) is 34.2 Å². The molecule has 16 heteroatoms. The highest BCUT2D eigenvalue weighted by Gasteiger charge is 2.40. The van der Waals surface area contributed by atoms with Crippen molar-refractivity contribution in [3.63, 3.8) is 0 Å². The number of alkyl halides is 3. The number of benzene rings is 1. The molecule has 13 nitrogen and oxygen atoms in total. The summed E-state index contributed by atoms with van der Waals surface area (Å²) in [7, 11) is 1.65. The summed E-state index contributed by atoms with van der Waals surface area (Å²) in [6.07, 6.45) is -1.93. The van der Waals surface area contributed by atoms with Crippen LogP contribution >= 0.6 is 0 Å². The average molecular weight is 617 g/mol. The van der Waals surface area contributed by atoms with Crippen LogP contribution in [0.25, 0.3) is 22.6 Å². The van der Waals surface area contributed by atoms with Gasteiger partial charge in [0, 0.05) is 44.8 Å². The van der Waals surface area contributed by atoms with Crippen molar-refractivity contribution in [2.45, 2.75) is 45.6 Å². The maximum absolute atomic E-state index is 13.9. The lowest BCUT2D eigenvalue weighted by Crippen LogP contribution is -2.40. The quantitative estimate of drug-likeness (QED) is 0.309. The standard InChI is InChI=1S/C26H30N8O3.C2HF3O2/c1-16(2)9-11-33-21-22(28-25(33)32-12-10-18-13-27-14-19(18)32)31(3)26(36)34(24(21)35)15-20-29-30-23(37-20)17-7-5-4-6-8-17;3-2(4,5)1(6)7/h4-9,18-19,27H,10-15H2,1-3H3;(H,6,7). The molecule has 0 aliphatic carbocycles. The predicted molar refractivity (Wildman–Crippen MR) is 153 cm³/mol. The second kappa shape index (κ2) is 12.1. The molecule has 2 N–H and O–H groups in total. The Labute approximate surface area is 248 Å². The summed E-state index contributed by atoms with van der Waals surface area (Å²) in [5.74, 6) is -0.933. The molecule has 0 amide bonds. The highest BCUT2D eigenvalue weighted by atomic mass is 19.4. The monoisotopic (exact) mass is 616 g/mol. The largest absolute Gasteiger partial charge is 0.490 e. The molecular weight excluding hydrogens is 585 g/mol. The molecule has 2 fully saturated rings. The topological polar surface area (TPSA) is 153 Å². The van der Waals surface area contributed by atoms with Gasteiger partial charge in [-0.1, -0.05) is 29.8 Å². The zero-order chi connectivity index (χ0) is 31.8. The van der Waals surface area contributed by atoms with E-state index < -0.39 is 23.4 Å². The van der Waals surface area contributed by atoms with Gasteiger partial charge < -0.3 is 24.3 Å². The van der Waals surface area contributed by atoms with Gasteiger partial charge in [-0.15, -0.1) is 10.2 Å². The number of nitrogens with zero attached hydrogens (tertiary/aromatic N) is 7. The van der Waals surface area contributed by atoms with Crippen LogP contribution in [0, 0.1) is 5.92 Å². The second-order valence-corrected chi connectivity index (χ2v) is 10.8. The van der Waals surface area contributed by atoms with Crippen LogP contribution in [0.15, 0.2) is 56.0 Å². The molecule has 3 aromatic heterocycles. The molecule has 2 unspecified atom stereocenters. The van der Waals surface area contributed by atoms with Crippen molar-refractivity contribution in [2.75, 3.05) is 24.5 Å². The molecule has 2 aliphatic rings. The minimum absolute atomic E-state index is 0.122. The van der Waals surface area contributed by atoms with Crippen molar-refractivity contribution >= 4 is 23.1 Å². The molecule has 1 aromatic carbocycles. The third-order valence-electron chi connectivity index (χ3n) is 7.62.